The maximum absolute atomic E-state index is 6.45. The van der Waals surface area contributed by atoms with Crippen molar-refractivity contribution in [2.45, 2.75) is 53.0 Å². The van der Waals surface area contributed by atoms with Crippen LogP contribution in [0.5, 0.6) is 0 Å². The molecular weight excluding hydrogens is 282 g/mol. The molecule has 1 fully saturated rings. The van der Waals surface area contributed by atoms with Gasteiger partial charge in [-0.2, -0.15) is 0 Å². The monoisotopic (exact) mass is 309 g/mol. The Morgan fingerprint density at radius 3 is 2.43 bits per heavy atom. The van der Waals surface area contributed by atoms with Crippen molar-refractivity contribution in [3.8, 4) is 0 Å². The molecule has 1 aromatic heterocycles. The lowest BCUT2D eigenvalue weighted by atomic mass is 9.74. The Hall–Kier alpha value is -0.800. The first-order valence-electron chi connectivity index (χ1n) is 8.24. The summed E-state index contributed by atoms with van der Waals surface area (Å²) in [5.74, 6) is 0.956. The summed E-state index contributed by atoms with van der Waals surface area (Å²) in [6.45, 7) is 10.7. The lowest BCUT2D eigenvalue weighted by Crippen LogP contribution is -2.40. The first-order valence-corrected chi connectivity index (χ1v) is 8.62. The van der Waals surface area contributed by atoms with E-state index in [0.717, 1.165) is 42.6 Å². The fourth-order valence-electron chi connectivity index (χ4n) is 3.22. The van der Waals surface area contributed by atoms with Crippen molar-refractivity contribution in [3.63, 3.8) is 0 Å². The molecule has 3 nitrogen and oxygen atoms in total. The van der Waals surface area contributed by atoms with E-state index in [9.17, 15) is 0 Å². The van der Waals surface area contributed by atoms with Gasteiger partial charge in [-0.25, -0.2) is 4.98 Å². The van der Waals surface area contributed by atoms with Crippen molar-refractivity contribution in [2.75, 3.05) is 24.5 Å². The lowest BCUT2D eigenvalue weighted by Gasteiger charge is -2.41. The van der Waals surface area contributed by atoms with Crippen LogP contribution in [0.15, 0.2) is 12.3 Å². The minimum absolute atomic E-state index is 0.536. The molecule has 1 aliphatic heterocycles. The highest BCUT2D eigenvalue weighted by atomic mass is 35.5. The van der Waals surface area contributed by atoms with Crippen molar-refractivity contribution >= 4 is 17.4 Å². The molecule has 0 spiro atoms. The van der Waals surface area contributed by atoms with Crippen LogP contribution < -0.4 is 10.2 Å². The third kappa shape index (κ3) is 3.89. The Morgan fingerprint density at radius 2 is 1.90 bits per heavy atom. The summed E-state index contributed by atoms with van der Waals surface area (Å²) in [6, 6.07) is 2.05. The highest BCUT2D eigenvalue weighted by Gasteiger charge is 2.32. The Morgan fingerprint density at radius 1 is 1.24 bits per heavy atom. The number of nitrogens with zero attached hydrogens (tertiary/aromatic N) is 2. The Bertz CT molecular complexity index is 447. The fourth-order valence-corrected chi connectivity index (χ4v) is 3.53. The van der Waals surface area contributed by atoms with E-state index in [1.54, 1.807) is 0 Å². The van der Waals surface area contributed by atoms with E-state index < -0.39 is 0 Å². The largest absolute Gasteiger partial charge is 0.355 e. The minimum Gasteiger partial charge on any atom is -0.355 e. The molecule has 1 aliphatic rings. The predicted molar refractivity (Wildman–Crippen MR) is 91.1 cm³/mol. The van der Waals surface area contributed by atoms with Crippen LogP contribution in [0.2, 0.25) is 5.02 Å². The van der Waals surface area contributed by atoms with Gasteiger partial charge in [0.2, 0.25) is 0 Å². The first-order chi connectivity index (χ1) is 10.1. The topological polar surface area (TPSA) is 28.2 Å². The Labute approximate surface area is 134 Å². The lowest BCUT2D eigenvalue weighted by molar-refractivity contribution is 0.199. The van der Waals surface area contributed by atoms with Gasteiger partial charge in [-0.15, -0.1) is 0 Å². The van der Waals surface area contributed by atoms with Crippen molar-refractivity contribution in [1.82, 2.24) is 10.3 Å². The van der Waals surface area contributed by atoms with Crippen molar-refractivity contribution in [2.24, 2.45) is 5.41 Å². The van der Waals surface area contributed by atoms with Crippen molar-refractivity contribution in [1.29, 1.82) is 0 Å². The molecule has 4 heteroatoms. The van der Waals surface area contributed by atoms with E-state index in [1.807, 2.05) is 12.3 Å². The van der Waals surface area contributed by atoms with E-state index >= 15 is 0 Å². The molecule has 21 heavy (non-hydrogen) atoms. The van der Waals surface area contributed by atoms with Crippen molar-refractivity contribution in [3.05, 3.63) is 22.8 Å². The summed E-state index contributed by atoms with van der Waals surface area (Å²) >= 11 is 6.45. The Kier molecular flexibility index (Phi) is 5.88. The maximum Gasteiger partial charge on any atom is 0.147 e. The number of halogens is 1. The average Bonchev–Trinajstić information content (AvgIpc) is 2.53. The van der Waals surface area contributed by atoms with Gasteiger partial charge in [-0.1, -0.05) is 45.2 Å². The van der Waals surface area contributed by atoms with E-state index in [-0.39, 0.29) is 0 Å². The zero-order valence-electron chi connectivity index (χ0n) is 13.6. The summed E-state index contributed by atoms with van der Waals surface area (Å²) in [5, 5.41) is 4.09. The van der Waals surface area contributed by atoms with E-state index in [0.29, 0.717) is 5.41 Å². The molecular formula is C17H28ClN3. The van der Waals surface area contributed by atoms with Crippen LogP contribution in [0, 0.1) is 5.41 Å². The summed E-state index contributed by atoms with van der Waals surface area (Å²) in [6.07, 6.45) is 7.00. The molecule has 1 aromatic rings. The third-order valence-electron chi connectivity index (χ3n) is 5.08. The molecule has 2 heterocycles. The van der Waals surface area contributed by atoms with Gasteiger partial charge in [-0.3, -0.25) is 0 Å². The second-order valence-corrected chi connectivity index (χ2v) is 6.53. The van der Waals surface area contributed by atoms with Gasteiger partial charge >= 0.3 is 0 Å². The van der Waals surface area contributed by atoms with Crippen LogP contribution in [0.1, 0.15) is 52.0 Å². The molecule has 0 radical (unpaired) electrons. The molecule has 0 bridgehead atoms. The minimum atomic E-state index is 0.536. The fraction of sp³-hybridized carbons (Fsp3) is 0.706. The van der Waals surface area contributed by atoms with Gasteiger partial charge < -0.3 is 10.2 Å². The quantitative estimate of drug-likeness (QED) is 0.851. The second kappa shape index (κ2) is 7.46. The number of aromatic nitrogens is 1. The second-order valence-electron chi connectivity index (χ2n) is 6.12. The summed E-state index contributed by atoms with van der Waals surface area (Å²) in [7, 11) is 0. The molecule has 1 N–H and O–H groups in total. The standard InChI is InChI=1S/C17H28ClN3/c1-4-17(5-2)7-9-21(10-8-17)16-15(18)11-14(13-20-16)12-19-6-3/h11,13,19H,4-10,12H2,1-3H3. The summed E-state index contributed by atoms with van der Waals surface area (Å²) in [4.78, 5) is 6.96. The molecule has 118 valence electrons. The molecule has 0 aromatic carbocycles. The van der Waals surface area contributed by atoms with Gasteiger partial charge in [0.25, 0.3) is 0 Å². The summed E-state index contributed by atoms with van der Waals surface area (Å²) in [5.41, 5.74) is 1.69. The van der Waals surface area contributed by atoms with E-state index in [2.05, 4.69) is 36.0 Å². The first kappa shape index (κ1) is 16.6. The van der Waals surface area contributed by atoms with E-state index in [1.165, 1.54) is 25.7 Å². The molecule has 0 saturated carbocycles. The van der Waals surface area contributed by atoms with Gasteiger partial charge in [0.15, 0.2) is 0 Å². The van der Waals surface area contributed by atoms with Crippen LogP contribution in [0.3, 0.4) is 0 Å². The number of pyridine rings is 1. The van der Waals surface area contributed by atoms with Crippen LogP contribution in [-0.2, 0) is 6.54 Å². The van der Waals surface area contributed by atoms with Gasteiger partial charge in [0, 0.05) is 25.8 Å². The molecule has 1 saturated heterocycles. The zero-order chi connectivity index (χ0) is 15.3. The molecule has 0 amide bonds. The number of piperidine rings is 1. The number of anilines is 1. The van der Waals surface area contributed by atoms with E-state index in [4.69, 9.17) is 11.6 Å². The number of hydrogen-bond acceptors (Lipinski definition) is 3. The Balaban J connectivity index is 2.03. The smallest absolute Gasteiger partial charge is 0.147 e. The van der Waals surface area contributed by atoms with Gasteiger partial charge in [0.1, 0.15) is 5.82 Å². The highest BCUT2D eigenvalue weighted by Crippen LogP contribution is 2.39. The number of nitrogens with one attached hydrogen (secondary N) is 1. The molecule has 0 aliphatic carbocycles. The third-order valence-corrected chi connectivity index (χ3v) is 5.36. The predicted octanol–water partition coefficient (Wildman–Crippen LogP) is 4.25. The van der Waals surface area contributed by atoms with Crippen LogP contribution in [0.25, 0.3) is 0 Å². The zero-order valence-corrected chi connectivity index (χ0v) is 14.3. The summed E-state index contributed by atoms with van der Waals surface area (Å²) < 4.78 is 0. The molecule has 0 unspecified atom stereocenters. The SMILES string of the molecule is CCNCc1cnc(N2CCC(CC)(CC)CC2)c(Cl)c1. The number of hydrogen-bond donors (Lipinski definition) is 1. The van der Waals surface area contributed by atoms with Gasteiger partial charge in [-0.05, 0) is 36.4 Å². The number of rotatable bonds is 6. The molecule has 2 rings (SSSR count). The van der Waals surface area contributed by atoms with Crippen LogP contribution in [-0.4, -0.2) is 24.6 Å². The average molecular weight is 310 g/mol. The van der Waals surface area contributed by atoms with Crippen LogP contribution >= 0.6 is 11.6 Å². The van der Waals surface area contributed by atoms with Crippen LogP contribution in [0.4, 0.5) is 5.82 Å². The maximum atomic E-state index is 6.45. The van der Waals surface area contributed by atoms with Crippen molar-refractivity contribution < 1.29 is 0 Å². The normalized spacial score (nSPS) is 18.0. The molecule has 0 atom stereocenters. The van der Waals surface area contributed by atoms with Gasteiger partial charge in [0.05, 0.1) is 5.02 Å². The highest BCUT2D eigenvalue weighted by molar-refractivity contribution is 6.33.